The molecule has 0 aliphatic carbocycles. The largest absolute Gasteiger partial charge is 0.398 e. The van der Waals surface area contributed by atoms with Gasteiger partial charge in [-0.3, -0.25) is 0 Å². The number of carbonyl (C=O) groups excluding carboxylic acids is 1. The van der Waals surface area contributed by atoms with E-state index in [0.29, 0.717) is 21.9 Å². The van der Waals surface area contributed by atoms with E-state index in [2.05, 4.69) is 26.6 Å². The molecule has 7 heteroatoms. The molecule has 104 valence electrons. The Morgan fingerprint density at radius 1 is 1.10 bits per heavy atom. The molecule has 2 amide bonds. The molecule has 0 atom stereocenters. The maximum atomic E-state index is 13.4. The first-order chi connectivity index (χ1) is 9.45. The lowest BCUT2D eigenvalue weighted by atomic mass is 10.3. The smallest absolute Gasteiger partial charge is 0.323 e. The van der Waals surface area contributed by atoms with Gasteiger partial charge in [-0.15, -0.1) is 0 Å². The van der Waals surface area contributed by atoms with Gasteiger partial charge in [0.05, 0.1) is 5.69 Å². The number of amides is 2. The average molecular weight is 342 g/mol. The summed E-state index contributed by atoms with van der Waals surface area (Å²) in [5.41, 5.74) is 6.51. The highest BCUT2D eigenvalue weighted by molar-refractivity contribution is 9.10. The second kappa shape index (κ2) is 5.87. The van der Waals surface area contributed by atoms with Crippen molar-refractivity contribution < 1.29 is 13.6 Å². The summed E-state index contributed by atoms with van der Waals surface area (Å²) in [5, 5.41) is 4.79. The van der Waals surface area contributed by atoms with Crippen molar-refractivity contribution in [2.24, 2.45) is 0 Å². The highest BCUT2D eigenvalue weighted by Crippen LogP contribution is 2.23. The van der Waals surface area contributed by atoms with Crippen molar-refractivity contribution in [1.82, 2.24) is 0 Å². The van der Waals surface area contributed by atoms with Crippen LogP contribution >= 0.6 is 15.9 Å². The lowest BCUT2D eigenvalue weighted by Gasteiger charge is -2.09. The minimum absolute atomic E-state index is 0.113. The molecule has 0 aromatic heterocycles. The highest BCUT2D eigenvalue weighted by atomic mass is 79.9. The van der Waals surface area contributed by atoms with Crippen LogP contribution in [0.15, 0.2) is 40.9 Å². The molecule has 20 heavy (non-hydrogen) atoms. The number of nitrogen functional groups attached to an aromatic ring is 1. The van der Waals surface area contributed by atoms with Gasteiger partial charge in [0.1, 0.15) is 11.6 Å². The highest BCUT2D eigenvalue weighted by Gasteiger charge is 2.08. The van der Waals surface area contributed by atoms with Crippen molar-refractivity contribution in [3.8, 4) is 0 Å². The zero-order valence-corrected chi connectivity index (χ0v) is 11.7. The molecule has 0 saturated carbocycles. The summed E-state index contributed by atoms with van der Waals surface area (Å²) in [4.78, 5) is 11.7. The van der Waals surface area contributed by atoms with Crippen molar-refractivity contribution in [3.63, 3.8) is 0 Å². The number of anilines is 3. The van der Waals surface area contributed by atoms with Crippen molar-refractivity contribution in [2.75, 3.05) is 16.4 Å². The fourth-order valence-corrected chi connectivity index (χ4v) is 1.86. The first kappa shape index (κ1) is 14.3. The summed E-state index contributed by atoms with van der Waals surface area (Å²) in [5.74, 6) is -1.56. The standard InChI is InChI=1S/C13H10BrF2N3O/c14-9-6-8(2-3-11(9)17)18-13(20)19-12-4-1-7(15)5-10(12)16/h1-6H,17H2,(H2,18,19,20). The van der Waals surface area contributed by atoms with Gasteiger partial charge in [0, 0.05) is 21.9 Å². The minimum Gasteiger partial charge on any atom is -0.398 e. The predicted molar refractivity (Wildman–Crippen MR) is 77.6 cm³/mol. The normalized spacial score (nSPS) is 10.2. The Morgan fingerprint density at radius 3 is 2.50 bits per heavy atom. The lowest BCUT2D eigenvalue weighted by molar-refractivity contribution is 0.262. The lowest BCUT2D eigenvalue weighted by Crippen LogP contribution is -2.20. The number of nitrogens with one attached hydrogen (secondary N) is 2. The third-order valence-corrected chi connectivity index (χ3v) is 3.12. The molecule has 0 spiro atoms. The van der Waals surface area contributed by atoms with E-state index >= 15 is 0 Å². The zero-order valence-electron chi connectivity index (χ0n) is 10.1. The number of hydrogen-bond donors (Lipinski definition) is 3. The van der Waals surface area contributed by atoms with Crippen LogP contribution in [0.5, 0.6) is 0 Å². The van der Waals surface area contributed by atoms with Gasteiger partial charge in [0.15, 0.2) is 0 Å². The number of nitrogens with two attached hydrogens (primary N) is 1. The molecule has 0 aliphatic heterocycles. The molecule has 2 rings (SSSR count). The van der Waals surface area contributed by atoms with Crippen LogP contribution in [0.1, 0.15) is 0 Å². The predicted octanol–water partition coefficient (Wildman–Crippen LogP) is 3.95. The Bertz CT molecular complexity index is 664. The number of halogens is 3. The molecule has 0 bridgehead atoms. The molecule has 2 aromatic carbocycles. The van der Waals surface area contributed by atoms with E-state index < -0.39 is 17.7 Å². The molecule has 0 radical (unpaired) electrons. The molecular weight excluding hydrogens is 332 g/mol. The topological polar surface area (TPSA) is 67.1 Å². The molecular formula is C13H10BrF2N3O. The van der Waals surface area contributed by atoms with Crippen LogP contribution in [-0.2, 0) is 0 Å². The van der Waals surface area contributed by atoms with Crippen molar-refractivity contribution in [2.45, 2.75) is 0 Å². The molecule has 4 N–H and O–H groups in total. The van der Waals surface area contributed by atoms with E-state index in [4.69, 9.17) is 5.73 Å². The number of urea groups is 1. The Hall–Kier alpha value is -2.15. The minimum atomic E-state index is -0.848. The van der Waals surface area contributed by atoms with Crippen LogP contribution < -0.4 is 16.4 Å². The van der Waals surface area contributed by atoms with Crippen LogP contribution in [0.2, 0.25) is 0 Å². The molecule has 0 aliphatic rings. The second-order valence-electron chi connectivity index (χ2n) is 3.94. The van der Waals surface area contributed by atoms with Gasteiger partial charge in [0.2, 0.25) is 0 Å². The van der Waals surface area contributed by atoms with Gasteiger partial charge in [0.25, 0.3) is 0 Å². The van der Waals surface area contributed by atoms with Crippen LogP contribution in [-0.4, -0.2) is 6.03 Å². The van der Waals surface area contributed by atoms with E-state index in [-0.39, 0.29) is 5.69 Å². The van der Waals surface area contributed by atoms with Crippen molar-refractivity contribution in [3.05, 3.63) is 52.5 Å². The number of benzene rings is 2. The molecule has 0 heterocycles. The molecule has 4 nitrogen and oxygen atoms in total. The molecule has 0 unspecified atom stereocenters. The maximum Gasteiger partial charge on any atom is 0.323 e. The van der Waals surface area contributed by atoms with E-state index in [9.17, 15) is 13.6 Å². The summed E-state index contributed by atoms with van der Waals surface area (Å²) in [7, 11) is 0. The molecule has 0 saturated heterocycles. The van der Waals surface area contributed by atoms with Crippen LogP contribution in [0, 0.1) is 11.6 Å². The SMILES string of the molecule is Nc1ccc(NC(=O)Nc2ccc(F)cc2F)cc1Br. The number of carbonyl (C=O) groups is 1. The third-order valence-electron chi connectivity index (χ3n) is 2.44. The Labute approximate surface area is 122 Å². The van der Waals surface area contributed by atoms with Gasteiger partial charge in [-0.2, -0.15) is 0 Å². The van der Waals surface area contributed by atoms with Gasteiger partial charge in [-0.1, -0.05) is 0 Å². The first-order valence-corrected chi connectivity index (χ1v) is 6.33. The summed E-state index contributed by atoms with van der Waals surface area (Å²) in [6.45, 7) is 0. The van der Waals surface area contributed by atoms with Crippen LogP contribution in [0.3, 0.4) is 0 Å². The Kier molecular flexibility index (Phi) is 4.19. The summed E-state index contributed by atoms with van der Waals surface area (Å²) >= 11 is 3.22. The quantitative estimate of drug-likeness (QED) is 0.724. The third kappa shape index (κ3) is 3.45. The van der Waals surface area contributed by atoms with Gasteiger partial charge >= 0.3 is 6.03 Å². The fraction of sp³-hybridized carbons (Fsp3) is 0. The average Bonchev–Trinajstić information content (AvgIpc) is 2.37. The van der Waals surface area contributed by atoms with Gasteiger partial charge < -0.3 is 16.4 Å². The summed E-state index contributed by atoms with van der Waals surface area (Å²) in [6, 6.07) is 7.05. The summed E-state index contributed by atoms with van der Waals surface area (Å²) in [6.07, 6.45) is 0. The van der Waals surface area contributed by atoms with E-state index in [0.717, 1.165) is 12.1 Å². The van der Waals surface area contributed by atoms with Crippen LogP contribution in [0.4, 0.5) is 30.6 Å². The van der Waals surface area contributed by atoms with E-state index in [1.54, 1.807) is 18.2 Å². The zero-order chi connectivity index (χ0) is 14.7. The van der Waals surface area contributed by atoms with E-state index in [1.165, 1.54) is 0 Å². The van der Waals surface area contributed by atoms with Crippen molar-refractivity contribution >= 4 is 39.0 Å². The van der Waals surface area contributed by atoms with Crippen molar-refractivity contribution in [1.29, 1.82) is 0 Å². The molecule has 0 fully saturated rings. The number of rotatable bonds is 2. The summed E-state index contributed by atoms with van der Waals surface area (Å²) < 4.78 is 26.7. The molecule has 2 aromatic rings. The monoisotopic (exact) mass is 341 g/mol. The number of hydrogen-bond acceptors (Lipinski definition) is 2. The Balaban J connectivity index is 2.07. The van der Waals surface area contributed by atoms with Gasteiger partial charge in [-0.25, -0.2) is 13.6 Å². The van der Waals surface area contributed by atoms with Gasteiger partial charge in [-0.05, 0) is 46.3 Å². The Morgan fingerprint density at radius 2 is 1.85 bits per heavy atom. The maximum absolute atomic E-state index is 13.4. The second-order valence-corrected chi connectivity index (χ2v) is 4.79. The first-order valence-electron chi connectivity index (χ1n) is 5.54. The van der Waals surface area contributed by atoms with Crippen LogP contribution in [0.25, 0.3) is 0 Å². The van der Waals surface area contributed by atoms with E-state index in [1.807, 2.05) is 0 Å². The fourth-order valence-electron chi connectivity index (χ4n) is 1.48.